The molecule has 2 unspecified atom stereocenters. The van der Waals surface area contributed by atoms with Crippen LogP contribution in [0.2, 0.25) is 18.1 Å². The highest BCUT2D eigenvalue weighted by molar-refractivity contribution is 6.74. The topological polar surface area (TPSA) is 77.1 Å². The molecule has 7 nitrogen and oxygen atoms in total. The second kappa shape index (κ2) is 15.0. The van der Waals surface area contributed by atoms with Gasteiger partial charge in [0.25, 0.3) is 0 Å². The van der Waals surface area contributed by atoms with Crippen LogP contribution in [0.1, 0.15) is 67.4 Å². The number of nitrogens with one attached hydrogen (secondary N) is 1. The minimum atomic E-state index is -2.26. The highest BCUT2D eigenvalue weighted by Gasteiger charge is 2.41. The van der Waals surface area contributed by atoms with Crippen LogP contribution >= 0.6 is 0 Å². The number of nitrogens with zero attached hydrogens (tertiary/aromatic N) is 1. The van der Waals surface area contributed by atoms with Gasteiger partial charge in [-0.25, -0.2) is 4.79 Å². The first-order chi connectivity index (χ1) is 19.0. The van der Waals surface area contributed by atoms with Crippen molar-refractivity contribution in [1.29, 1.82) is 0 Å². The molecule has 2 aromatic carbocycles. The van der Waals surface area contributed by atoms with Crippen LogP contribution in [-0.4, -0.2) is 50.2 Å². The molecule has 0 radical (unpaired) electrons. The van der Waals surface area contributed by atoms with Gasteiger partial charge in [0.1, 0.15) is 12.3 Å². The van der Waals surface area contributed by atoms with Crippen molar-refractivity contribution < 1.29 is 23.5 Å². The maximum absolute atomic E-state index is 13.5. The van der Waals surface area contributed by atoms with Gasteiger partial charge in [-0.1, -0.05) is 83.1 Å². The molecule has 0 fully saturated rings. The summed E-state index contributed by atoms with van der Waals surface area (Å²) in [7, 11) is -2.26. The van der Waals surface area contributed by atoms with Crippen LogP contribution in [-0.2, 0) is 25.3 Å². The second-order valence-electron chi connectivity index (χ2n) is 13.6. The number of anilines is 1. The summed E-state index contributed by atoms with van der Waals surface area (Å²) in [6.07, 6.45) is -0.400. The number of rotatable bonds is 13. The van der Waals surface area contributed by atoms with Gasteiger partial charge in [0.15, 0.2) is 8.32 Å². The van der Waals surface area contributed by atoms with Crippen molar-refractivity contribution in [2.24, 2.45) is 11.8 Å². The summed E-state index contributed by atoms with van der Waals surface area (Å²) < 4.78 is 18.7. The van der Waals surface area contributed by atoms with Crippen molar-refractivity contribution in [3.8, 4) is 0 Å². The molecule has 0 aliphatic heterocycles. The summed E-state index contributed by atoms with van der Waals surface area (Å²) in [5.41, 5.74) is 1.11. The van der Waals surface area contributed by atoms with E-state index in [1.54, 1.807) is 4.90 Å². The first-order valence-corrected chi connectivity index (χ1v) is 17.5. The van der Waals surface area contributed by atoms with Gasteiger partial charge in [-0.3, -0.25) is 9.69 Å². The quantitative estimate of drug-likeness (QED) is 0.190. The number of hydrogen-bond acceptors (Lipinski definition) is 5. The zero-order valence-corrected chi connectivity index (χ0v) is 27.8. The molecular weight excluding hydrogens is 532 g/mol. The molecule has 0 saturated heterocycles. The summed E-state index contributed by atoms with van der Waals surface area (Å²) in [6, 6.07) is 19.3. The van der Waals surface area contributed by atoms with E-state index >= 15 is 0 Å². The van der Waals surface area contributed by atoms with Crippen molar-refractivity contribution in [2.45, 2.75) is 98.3 Å². The Morgan fingerprint density at radius 3 is 1.98 bits per heavy atom. The van der Waals surface area contributed by atoms with E-state index in [9.17, 15) is 9.59 Å². The van der Waals surface area contributed by atoms with Gasteiger partial charge in [-0.05, 0) is 68.9 Å². The summed E-state index contributed by atoms with van der Waals surface area (Å²) in [5.74, 6) is -0.316. The molecule has 0 aliphatic rings. The molecule has 0 saturated carbocycles. The summed E-state index contributed by atoms with van der Waals surface area (Å²) >= 11 is 0. The third-order valence-corrected chi connectivity index (χ3v) is 11.9. The predicted octanol–water partition coefficient (Wildman–Crippen LogP) is 8.09. The average molecular weight is 585 g/mol. The van der Waals surface area contributed by atoms with Crippen LogP contribution in [0.25, 0.3) is 0 Å². The third-order valence-electron chi connectivity index (χ3n) is 7.40. The van der Waals surface area contributed by atoms with Crippen molar-refractivity contribution in [3.63, 3.8) is 0 Å². The molecule has 41 heavy (non-hydrogen) atoms. The molecule has 228 valence electrons. The van der Waals surface area contributed by atoms with Gasteiger partial charge >= 0.3 is 6.09 Å². The Morgan fingerprint density at radius 1 is 0.902 bits per heavy atom. The van der Waals surface area contributed by atoms with E-state index < -0.39 is 26.1 Å². The molecule has 0 bridgehead atoms. The number of ether oxygens (including phenoxy) is 2. The highest BCUT2D eigenvalue weighted by Crippen LogP contribution is 2.38. The van der Waals surface area contributed by atoms with Gasteiger partial charge in [0.05, 0.1) is 19.3 Å². The van der Waals surface area contributed by atoms with E-state index in [1.807, 2.05) is 95.3 Å². The molecule has 2 atom stereocenters. The van der Waals surface area contributed by atoms with E-state index in [-0.39, 0.29) is 36.1 Å². The Kier molecular flexibility index (Phi) is 12.6. The summed E-state index contributed by atoms with van der Waals surface area (Å²) in [6.45, 7) is 21.2. The van der Waals surface area contributed by atoms with Gasteiger partial charge in [-0.15, -0.1) is 0 Å². The molecule has 2 aromatic rings. The number of para-hydroxylation sites is 1. The van der Waals surface area contributed by atoms with E-state index in [1.165, 1.54) is 0 Å². The van der Waals surface area contributed by atoms with E-state index in [0.29, 0.717) is 13.0 Å². The molecule has 0 aromatic heterocycles. The van der Waals surface area contributed by atoms with Crippen molar-refractivity contribution in [2.75, 3.05) is 18.6 Å². The van der Waals surface area contributed by atoms with E-state index in [0.717, 1.165) is 11.3 Å². The second-order valence-corrected chi connectivity index (χ2v) is 18.4. The smallest absolute Gasteiger partial charge is 0.412 e. The van der Waals surface area contributed by atoms with E-state index in [4.69, 9.17) is 13.9 Å². The van der Waals surface area contributed by atoms with Crippen LogP contribution < -0.4 is 5.32 Å². The molecular formula is C33H52N2O5Si. The van der Waals surface area contributed by atoms with Crippen LogP contribution in [0.5, 0.6) is 0 Å². The lowest BCUT2D eigenvalue weighted by molar-refractivity contribution is -0.122. The lowest BCUT2D eigenvalue weighted by Crippen LogP contribution is -2.50. The summed E-state index contributed by atoms with van der Waals surface area (Å²) in [4.78, 5) is 28.5. The van der Waals surface area contributed by atoms with Crippen LogP contribution in [0.3, 0.4) is 0 Å². The molecule has 0 aliphatic carbocycles. The van der Waals surface area contributed by atoms with Gasteiger partial charge in [-0.2, -0.15) is 0 Å². The average Bonchev–Trinajstić information content (AvgIpc) is 2.85. The Hall–Kier alpha value is -2.68. The minimum absolute atomic E-state index is 0.0454. The van der Waals surface area contributed by atoms with E-state index in [2.05, 4.69) is 39.2 Å². The standard InChI is InChI=1S/C33H52N2O5Si/c1-25(2)29(30(36)34-27-19-15-12-16-20-27)21-28(40-41(9,10)33(6,7)8)22-35(31(37)39-32(3,4)5)24-38-23-26-17-13-11-14-18-26/h11-20,25,28-29H,21-24H2,1-10H3,(H,34,36). The van der Waals surface area contributed by atoms with Crippen molar-refractivity contribution in [1.82, 2.24) is 4.90 Å². The Bertz CT molecular complexity index is 1080. The molecule has 0 heterocycles. The molecule has 0 spiro atoms. The van der Waals surface area contributed by atoms with Crippen molar-refractivity contribution >= 4 is 26.0 Å². The molecule has 1 N–H and O–H groups in total. The number of amides is 2. The Labute approximate surface area is 249 Å². The monoisotopic (exact) mass is 584 g/mol. The Balaban J connectivity index is 2.33. The number of benzene rings is 2. The minimum Gasteiger partial charge on any atom is -0.444 e. The third kappa shape index (κ3) is 12.0. The molecule has 2 rings (SSSR count). The maximum atomic E-state index is 13.5. The maximum Gasteiger partial charge on any atom is 0.412 e. The van der Waals surface area contributed by atoms with Gasteiger partial charge in [0.2, 0.25) is 5.91 Å². The lowest BCUT2D eigenvalue weighted by Gasteiger charge is -2.41. The number of carbonyl (C=O) groups excluding carboxylic acids is 2. The van der Waals surface area contributed by atoms with Crippen molar-refractivity contribution in [3.05, 3.63) is 66.2 Å². The van der Waals surface area contributed by atoms with Crippen LogP contribution in [0, 0.1) is 11.8 Å². The number of hydrogen-bond donors (Lipinski definition) is 1. The Morgan fingerprint density at radius 2 is 1.46 bits per heavy atom. The molecule has 8 heteroatoms. The summed E-state index contributed by atoms with van der Waals surface area (Å²) in [5, 5.41) is 3.02. The zero-order valence-electron chi connectivity index (χ0n) is 26.8. The SMILES string of the molecule is CC(C)C(CC(CN(COCc1ccccc1)C(=O)OC(C)(C)C)O[Si](C)(C)C(C)(C)C)C(=O)Nc1ccccc1. The van der Waals surface area contributed by atoms with Gasteiger partial charge in [0, 0.05) is 11.6 Å². The fourth-order valence-corrected chi connectivity index (χ4v) is 5.43. The number of carbonyl (C=O) groups is 2. The first kappa shape index (κ1) is 34.5. The highest BCUT2D eigenvalue weighted by atomic mass is 28.4. The van der Waals surface area contributed by atoms with Crippen LogP contribution in [0.4, 0.5) is 10.5 Å². The predicted molar refractivity (Wildman–Crippen MR) is 169 cm³/mol. The van der Waals surface area contributed by atoms with Gasteiger partial charge < -0.3 is 19.2 Å². The largest absolute Gasteiger partial charge is 0.444 e. The zero-order chi connectivity index (χ0) is 30.8. The lowest BCUT2D eigenvalue weighted by atomic mass is 9.89. The first-order valence-electron chi connectivity index (χ1n) is 14.6. The fraction of sp³-hybridized carbons (Fsp3) is 0.576. The fourth-order valence-electron chi connectivity index (χ4n) is 4.08. The molecule has 2 amide bonds. The normalized spacial score (nSPS) is 13.9. The van der Waals surface area contributed by atoms with Crippen LogP contribution in [0.15, 0.2) is 60.7 Å².